The monoisotopic (exact) mass is 472 g/mol. The predicted octanol–water partition coefficient (Wildman–Crippen LogP) is 2.68. The van der Waals surface area contributed by atoms with Crippen molar-refractivity contribution in [2.24, 2.45) is 4.99 Å². The average Bonchev–Trinajstić information content (AvgIpc) is 3.12. The Morgan fingerprint density at radius 3 is 2.46 bits per heavy atom. The van der Waals surface area contributed by atoms with Crippen molar-refractivity contribution in [1.29, 1.82) is 0 Å². The number of hydrogen-bond donors (Lipinski definition) is 3. The fourth-order valence-corrected chi connectivity index (χ4v) is 2.23. The molecule has 2 rings (SSSR count). The number of nitro benzene ring substituents is 1. The third kappa shape index (κ3) is 7.72. The van der Waals surface area contributed by atoms with Crippen molar-refractivity contribution in [1.82, 2.24) is 15.2 Å². The second-order valence-electron chi connectivity index (χ2n) is 5.34. The van der Waals surface area contributed by atoms with E-state index in [1.165, 1.54) is 12.1 Å². The van der Waals surface area contributed by atoms with Crippen LogP contribution in [0, 0.1) is 10.1 Å². The minimum Gasteiger partial charge on any atom is -0.383 e. The van der Waals surface area contributed by atoms with Crippen molar-refractivity contribution in [3.8, 4) is 0 Å². The number of benzene rings is 1. The van der Waals surface area contributed by atoms with E-state index >= 15 is 0 Å². The molecule has 0 bridgehead atoms. The first-order valence-electron chi connectivity index (χ1n) is 8.30. The summed E-state index contributed by atoms with van der Waals surface area (Å²) in [6.07, 6.45) is 4.06. The minimum atomic E-state index is -0.407. The molecule has 9 heteroatoms. The molecule has 0 aliphatic rings. The second-order valence-corrected chi connectivity index (χ2v) is 5.34. The van der Waals surface area contributed by atoms with Gasteiger partial charge in [-0.15, -0.1) is 24.0 Å². The zero-order valence-corrected chi connectivity index (χ0v) is 17.1. The van der Waals surface area contributed by atoms with Gasteiger partial charge in [-0.1, -0.05) is 0 Å². The van der Waals surface area contributed by atoms with E-state index in [-0.39, 0.29) is 29.7 Å². The van der Waals surface area contributed by atoms with E-state index in [0.29, 0.717) is 13.1 Å². The third-order valence-corrected chi connectivity index (χ3v) is 3.46. The summed E-state index contributed by atoms with van der Waals surface area (Å²) in [4.78, 5) is 14.7. The lowest BCUT2D eigenvalue weighted by molar-refractivity contribution is -0.384. The van der Waals surface area contributed by atoms with Crippen molar-refractivity contribution in [3.63, 3.8) is 0 Å². The van der Waals surface area contributed by atoms with Crippen molar-refractivity contribution in [2.75, 3.05) is 31.5 Å². The Morgan fingerprint density at radius 2 is 1.85 bits per heavy atom. The van der Waals surface area contributed by atoms with E-state index in [0.717, 1.165) is 31.3 Å². The number of guanidine groups is 1. The fourth-order valence-electron chi connectivity index (χ4n) is 2.23. The van der Waals surface area contributed by atoms with E-state index in [4.69, 9.17) is 0 Å². The van der Waals surface area contributed by atoms with Gasteiger partial charge in [0.1, 0.15) is 0 Å². The smallest absolute Gasteiger partial charge is 0.269 e. The molecule has 8 nitrogen and oxygen atoms in total. The quantitative estimate of drug-likeness (QED) is 0.130. The van der Waals surface area contributed by atoms with Crippen LogP contribution in [0.5, 0.6) is 0 Å². The lowest BCUT2D eigenvalue weighted by Crippen LogP contribution is -2.39. The topological polar surface area (TPSA) is 96.5 Å². The Bertz CT molecular complexity index is 673. The van der Waals surface area contributed by atoms with E-state index < -0.39 is 4.92 Å². The van der Waals surface area contributed by atoms with Crippen LogP contribution in [0.4, 0.5) is 11.4 Å². The first-order valence-corrected chi connectivity index (χ1v) is 8.30. The predicted molar refractivity (Wildman–Crippen MR) is 115 cm³/mol. The number of halogens is 1. The molecule has 0 amide bonds. The van der Waals surface area contributed by atoms with Crippen LogP contribution in [0.15, 0.2) is 53.8 Å². The first-order chi connectivity index (χ1) is 12.2. The molecule has 2 aromatic rings. The molecule has 1 aromatic heterocycles. The van der Waals surface area contributed by atoms with Crippen LogP contribution in [0.2, 0.25) is 0 Å². The van der Waals surface area contributed by atoms with Crippen LogP contribution >= 0.6 is 24.0 Å². The van der Waals surface area contributed by atoms with Gasteiger partial charge in [0.25, 0.3) is 5.69 Å². The highest BCUT2D eigenvalue weighted by molar-refractivity contribution is 14.0. The molecule has 0 aliphatic carbocycles. The van der Waals surface area contributed by atoms with Crippen LogP contribution in [-0.2, 0) is 6.54 Å². The molecule has 0 spiro atoms. The van der Waals surface area contributed by atoms with Crippen LogP contribution in [0.25, 0.3) is 0 Å². The zero-order chi connectivity index (χ0) is 17.9. The number of nitro groups is 1. The van der Waals surface area contributed by atoms with Gasteiger partial charge in [0.15, 0.2) is 5.96 Å². The average molecular weight is 472 g/mol. The summed E-state index contributed by atoms with van der Waals surface area (Å²) in [6.45, 7) is 5.72. The highest BCUT2D eigenvalue weighted by Crippen LogP contribution is 2.14. The highest BCUT2D eigenvalue weighted by Gasteiger charge is 2.03. The maximum absolute atomic E-state index is 10.6. The maximum Gasteiger partial charge on any atom is 0.269 e. The maximum atomic E-state index is 10.6. The van der Waals surface area contributed by atoms with Gasteiger partial charge in [0, 0.05) is 56.4 Å². The molecule has 0 aliphatic heterocycles. The molecule has 0 saturated heterocycles. The molecule has 0 atom stereocenters. The summed E-state index contributed by atoms with van der Waals surface area (Å²) >= 11 is 0. The number of rotatable bonds is 9. The van der Waals surface area contributed by atoms with E-state index in [1.54, 1.807) is 12.1 Å². The lowest BCUT2D eigenvalue weighted by atomic mass is 10.3. The fraction of sp³-hybridized carbons (Fsp3) is 0.353. The van der Waals surface area contributed by atoms with Crippen LogP contribution in [0.3, 0.4) is 0 Å². The Balaban J connectivity index is 0.00000338. The van der Waals surface area contributed by atoms with Crippen LogP contribution in [-0.4, -0.2) is 41.6 Å². The second kappa shape index (κ2) is 12.1. The first kappa shape index (κ1) is 21.7. The largest absolute Gasteiger partial charge is 0.383 e. The molecular formula is C17H25IN6O2. The molecule has 1 aromatic carbocycles. The Labute approximate surface area is 170 Å². The molecule has 1 heterocycles. The molecule has 0 radical (unpaired) electrons. The van der Waals surface area contributed by atoms with E-state index in [9.17, 15) is 10.1 Å². The third-order valence-electron chi connectivity index (χ3n) is 3.46. The van der Waals surface area contributed by atoms with Gasteiger partial charge in [0.05, 0.1) is 11.5 Å². The van der Waals surface area contributed by atoms with Crippen LogP contribution in [0.1, 0.15) is 6.92 Å². The van der Waals surface area contributed by atoms with Crippen molar-refractivity contribution in [3.05, 3.63) is 58.9 Å². The highest BCUT2D eigenvalue weighted by atomic mass is 127. The normalized spacial score (nSPS) is 10.7. The van der Waals surface area contributed by atoms with Gasteiger partial charge in [-0.2, -0.15) is 0 Å². The SMILES string of the molecule is CCNC(=NCCNc1ccc([N+](=O)[O-])cc1)NCCn1cccc1.I. The number of nitrogens with one attached hydrogen (secondary N) is 3. The molecule has 0 unspecified atom stereocenters. The summed E-state index contributed by atoms with van der Waals surface area (Å²) in [5.74, 6) is 0.778. The van der Waals surface area contributed by atoms with E-state index in [1.807, 2.05) is 31.5 Å². The number of nitrogens with zero attached hydrogens (tertiary/aromatic N) is 3. The standard InChI is InChI=1S/C17H24N6O2.HI/c1-2-18-17(21-11-14-22-12-3-4-13-22)20-10-9-19-15-5-7-16(8-6-15)23(24)25;/h3-8,12-13,19H,2,9-11,14H2,1H3,(H2,18,20,21);1H. The summed E-state index contributed by atoms with van der Waals surface area (Å²) in [6, 6.07) is 10.4. The van der Waals surface area contributed by atoms with Crippen molar-refractivity contribution in [2.45, 2.75) is 13.5 Å². The van der Waals surface area contributed by atoms with Crippen molar-refractivity contribution < 1.29 is 4.92 Å². The number of hydrogen-bond acceptors (Lipinski definition) is 4. The molecule has 3 N–H and O–H groups in total. The number of aromatic nitrogens is 1. The minimum absolute atomic E-state index is 0. The summed E-state index contributed by atoms with van der Waals surface area (Å²) < 4.78 is 2.10. The van der Waals surface area contributed by atoms with Gasteiger partial charge in [-0.3, -0.25) is 15.1 Å². The molecule has 0 fully saturated rings. The summed E-state index contributed by atoms with van der Waals surface area (Å²) in [7, 11) is 0. The van der Waals surface area contributed by atoms with Crippen molar-refractivity contribution >= 4 is 41.3 Å². The van der Waals surface area contributed by atoms with Gasteiger partial charge in [0.2, 0.25) is 0 Å². The molecular weight excluding hydrogens is 447 g/mol. The Hall–Kier alpha value is -2.30. The van der Waals surface area contributed by atoms with E-state index in [2.05, 4.69) is 25.5 Å². The number of non-ortho nitro benzene ring substituents is 1. The van der Waals surface area contributed by atoms with Gasteiger partial charge in [-0.05, 0) is 31.2 Å². The number of anilines is 1. The number of aliphatic imine (C=N–C) groups is 1. The van der Waals surface area contributed by atoms with Gasteiger partial charge in [-0.25, -0.2) is 0 Å². The lowest BCUT2D eigenvalue weighted by Gasteiger charge is -2.12. The Morgan fingerprint density at radius 1 is 1.15 bits per heavy atom. The Kier molecular flexibility index (Phi) is 10.1. The van der Waals surface area contributed by atoms with Gasteiger partial charge >= 0.3 is 0 Å². The van der Waals surface area contributed by atoms with Crippen LogP contribution < -0.4 is 16.0 Å². The molecule has 142 valence electrons. The summed E-state index contributed by atoms with van der Waals surface area (Å²) in [5, 5.41) is 20.3. The summed E-state index contributed by atoms with van der Waals surface area (Å²) in [5.41, 5.74) is 0.927. The van der Waals surface area contributed by atoms with Gasteiger partial charge < -0.3 is 20.5 Å². The molecule has 0 saturated carbocycles. The zero-order valence-electron chi connectivity index (χ0n) is 14.7. The molecule has 26 heavy (non-hydrogen) atoms.